The number of likely N-dealkylation sites (N-methyl/N-ethyl adjacent to an activating group) is 2. The van der Waals surface area contributed by atoms with Gasteiger partial charge in [0.2, 0.25) is 5.91 Å². The Bertz CT molecular complexity index is 367. The first-order chi connectivity index (χ1) is 9.72. The van der Waals surface area contributed by atoms with E-state index in [2.05, 4.69) is 5.32 Å². The Morgan fingerprint density at radius 1 is 1.14 bits per heavy atom. The normalized spacial score (nSPS) is 11.9. The number of amides is 3. The smallest absolute Gasteiger partial charge is 0.326 e. The third kappa shape index (κ3) is 6.97. The summed E-state index contributed by atoms with van der Waals surface area (Å²) in [6.45, 7) is 8.59. The first-order valence-corrected chi connectivity index (χ1v) is 7.25. The number of carboxylic acids is 1. The largest absolute Gasteiger partial charge is 0.480 e. The number of aliphatic carboxylic acids is 1. The number of carboxylic acid groups (broad SMARTS) is 1. The standard InChI is InChI=1S/C14H27N3O4/c1-6-17(7-2)12(18)9-16(5)14(21)15-11(13(19)20)8-10(3)4/h10-11H,6-9H2,1-5H3,(H,15,21)(H,19,20)/t11-/m0/s1. The zero-order valence-electron chi connectivity index (χ0n) is 13.5. The van der Waals surface area contributed by atoms with Crippen LogP contribution < -0.4 is 5.32 Å². The summed E-state index contributed by atoms with van der Waals surface area (Å²) in [6, 6.07) is -1.49. The van der Waals surface area contributed by atoms with Gasteiger partial charge >= 0.3 is 12.0 Å². The second-order valence-corrected chi connectivity index (χ2v) is 5.39. The fraction of sp³-hybridized carbons (Fsp3) is 0.786. The molecule has 0 aromatic rings. The van der Waals surface area contributed by atoms with Crippen LogP contribution in [-0.4, -0.2) is 65.5 Å². The molecule has 0 heterocycles. The van der Waals surface area contributed by atoms with Gasteiger partial charge in [-0.1, -0.05) is 13.8 Å². The molecule has 0 aromatic carbocycles. The molecule has 7 heteroatoms. The van der Waals surface area contributed by atoms with Crippen LogP contribution in [0.3, 0.4) is 0 Å². The zero-order valence-corrected chi connectivity index (χ0v) is 13.5. The number of urea groups is 1. The van der Waals surface area contributed by atoms with Crippen molar-refractivity contribution >= 4 is 17.9 Å². The summed E-state index contributed by atoms with van der Waals surface area (Å²) in [4.78, 5) is 37.8. The number of nitrogens with zero attached hydrogens (tertiary/aromatic N) is 2. The molecular weight excluding hydrogens is 274 g/mol. The molecule has 0 fully saturated rings. The van der Waals surface area contributed by atoms with Gasteiger partial charge in [-0.15, -0.1) is 0 Å². The van der Waals surface area contributed by atoms with Crippen molar-refractivity contribution in [2.75, 3.05) is 26.7 Å². The minimum absolute atomic E-state index is 0.0679. The lowest BCUT2D eigenvalue weighted by Crippen LogP contribution is -2.50. The summed E-state index contributed by atoms with van der Waals surface area (Å²) in [6.07, 6.45) is 0.346. The molecule has 0 radical (unpaired) electrons. The zero-order chi connectivity index (χ0) is 16.6. The molecular formula is C14H27N3O4. The maximum atomic E-state index is 12.0. The molecule has 0 aliphatic rings. The number of hydrogen-bond acceptors (Lipinski definition) is 3. The van der Waals surface area contributed by atoms with Gasteiger partial charge in [0.05, 0.1) is 0 Å². The van der Waals surface area contributed by atoms with Gasteiger partial charge < -0.3 is 20.2 Å². The molecule has 0 rings (SSSR count). The number of rotatable bonds is 8. The molecule has 0 saturated carbocycles. The Labute approximate surface area is 126 Å². The summed E-state index contributed by atoms with van der Waals surface area (Å²) in [5.74, 6) is -1.08. The van der Waals surface area contributed by atoms with Gasteiger partial charge in [0.1, 0.15) is 12.6 Å². The van der Waals surface area contributed by atoms with Crippen LogP contribution in [0.1, 0.15) is 34.1 Å². The predicted molar refractivity (Wildman–Crippen MR) is 80.0 cm³/mol. The average molecular weight is 301 g/mol. The second kappa shape index (κ2) is 9.20. The highest BCUT2D eigenvalue weighted by atomic mass is 16.4. The maximum absolute atomic E-state index is 12.0. The van der Waals surface area contributed by atoms with E-state index in [1.807, 2.05) is 27.7 Å². The van der Waals surface area contributed by atoms with Crippen LogP contribution in [0.15, 0.2) is 0 Å². The molecule has 1 atom stereocenters. The Balaban J connectivity index is 4.55. The lowest BCUT2D eigenvalue weighted by atomic mass is 10.0. The van der Waals surface area contributed by atoms with Gasteiger partial charge in [-0.3, -0.25) is 4.79 Å². The van der Waals surface area contributed by atoms with Crippen LogP contribution in [0.5, 0.6) is 0 Å². The topological polar surface area (TPSA) is 90.0 Å². The Kier molecular flexibility index (Phi) is 8.42. The van der Waals surface area contributed by atoms with Crippen molar-refractivity contribution in [1.82, 2.24) is 15.1 Å². The Morgan fingerprint density at radius 2 is 1.67 bits per heavy atom. The minimum Gasteiger partial charge on any atom is -0.480 e. The molecule has 0 aromatic heterocycles. The van der Waals surface area contributed by atoms with E-state index in [0.717, 1.165) is 0 Å². The molecule has 0 spiro atoms. The fourth-order valence-electron chi connectivity index (χ4n) is 1.90. The molecule has 2 N–H and O–H groups in total. The summed E-state index contributed by atoms with van der Waals surface area (Å²) < 4.78 is 0. The van der Waals surface area contributed by atoms with Crippen LogP contribution in [0.4, 0.5) is 4.79 Å². The molecule has 7 nitrogen and oxygen atoms in total. The van der Waals surface area contributed by atoms with Crippen molar-refractivity contribution in [3.8, 4) is 0 Å². The highest BCUT2D eigenvalue weighted by Crippen LogP contribution is 2.05. The van der Waals surface area contributed by atoms with Gasteiger partial charge in [-0.2, -0.15) is 0 Å². The van der Waals surface area contributed by atoms with Crippen molar-refractivity contribution in [3.63, 3.8) is 0 Å². The van der Waals surface area contributed by atoms with Crippen LogP contribution >= 0.6 is 0 Å². The summed E-state index contributed by atoms with van der Waals surface area (Å²) >= 11 is 0. The average Bonchev–Trinajstić information content (AvgIpc) is 2.38. The molecule has 0 aliphatic heterocycles. The van der Waals surface area contributed by atoms with E-state index in [9.17, 15) is 14.4 Å². The van der Waals surface area contributed by atoms with Gasteiger partial charge in [-0.05, 0) is 26.2 Å². The van der Waals surface area contributed by atoms with Crippen LogP contribution in [0.2, 0.25) is 0 Å². The first-order valence-electron chi connectivity index (χ1n) is 7.25. The molecule has 0 aliphatic carbocycles. The predicted octanol–water partition coefficient (Wildman–Crippen LogP) is 0.996. The fourth-order valence-corrected chi connectivity index (χ4v) is 1.90. The van der Waals surface area contributed by atoms with E-state index in [0.29, 0.717) is 19.5 Å². The second-order valence-electron chi connectivity index (χ2n) is 5.39. The van der Waals surface area contributed by atoms with E-state index < -0.39 is 18.0 Å². The maximum Gasteiger partial charge on any atom is 0.326 e. The van der Waals surface area contributed by atoms with Crippen molar-refractivity contribution < 1.29 is 19.5 Å². The quantitative estimate of drug-likeness (QED) is 0.699. The number of carbonyl (C=O) groups is 3. The van der Waals surface area contributed by atoms with Crippen LogP contribution in [0, 0.1) is 5.92 Å². The number of hydrogen-bond donors (Lipinski definition) is 2. The minimum atomic E-state index is -1.07. The summed E-state index contributed by atoms with van der Waals surface area (Å²) in [5.41, 5.74) is 0. The molecule has 0 saturated heterocycles. The van der Waals surface area contributed by atoms with Gasteiger partial charge in [0.15, 0.2) is 0 Å². The highest BCUT2D eigenvalue weighted by molar-refractivity contribution is 5.86. The molecule has 21 heavy (non-hydrogen) atoms. The van der Waals surface area contributed by atoms with Crippen molar-refractivity contribution in [2.24, 2.45) is 5.92 Å². The van der Waals surface area contributed by atoms with Gasteiger partial charge in [-0.25, -0.2) is 9.59 Å². The lowest BCUT2D eigenvalue weighted by molar-refractivity contribution is -0.139. The van der Waals surface area contributed by atoms with E-state index in [4.69, 9.17) is 5.11 Å². The van der Waals surface area contributed by atoms with E-state index >= 15 is 0 Å². The van der Waals surface area contributed by atoms with E-state index in [-0.39, 0.29) is 18.4 Å². The third-order valence-electron chi connectivity index (χ3n) is 3.14. The van der Waals surface area contributed by atoms with Crippen molar-refractivity contribution in [1.29, 1.82) is 0 Å². The Morgan fingerprint density at radius 3 is 2.05 bits per heavy atom. The van der Waals surface area contributed by atoms with E-state index in [1.165, 1.54) is 11.9 Å². The van der Waals surface area contributed by atoms with Gasteiger partial charge in [0.25, 0.3) is 0 Å². The highest BCUT2D eigenvalue weighted by Gasteiger charge is 2.24. The Hall–Kier alpha value is -1.79. The van der Waals surface area contributed by atoms with Crippen molar-refractivity contribution in [2.45, 2.75) is 40.2 Å². The van der Waals surface area contributed by atoms with Crippen molar-refractivity contribution in [3.05, 3.63) is 0 Å². The van der Waals surface area contributed by atoms with Gasteiger partial charge in [0, 0.05) is 20.1 Å². The summed E-state index contributed by atoms with van der Waals surface area (Å²) in [5, 5.41) is 11.5. The lowest BCUT2D eigenvalue weighted by Gasteiger charge is -2.25. The molecule has 3 amide bonds. The molecule has 0 bridgehead atoms. The number of carbonyl (C=O) groups excluding carboxylic acids is 2. The third-order valence-corrected chi connectivity index (χ3v) is 3.14. The van der Waals surface area contributed by atoms with E-state index in [1.54, 1.807) is 4.90 Å². The summed E-state index contributed by atoms with van der Waals surface area (Å²) in [7, 11) is 1.48. The van der Waals surface area contributed by atoms with Crippen LogP contribution in [-0.2, 0) is 9.59 Å². The SMILES string of the molecule is CCN(CC)C(=O)CN(C)C(=O)N[C@@H](CC(C)C)C(=O)O. The first kappa shape index (κ1) is 19.2. The monoisotopic (exact) mass is 301 g/mol. The van der Waals surface area contributed by atoms with Crippen LogP contribution in [0.25, 0.3) is 0 Å². The molecule has 0 unspecified atom stereocenters. The molecule has 122 valence electrons. The number of nitrogens with one attached hydrogen (secondary N) is 1.